The Morgan fingerprint density at radius 3 is 1.23 bits per heavy atom. The lowest BCUT2D eigenvalue weighted by Crippen LogP contribution is -2.06. The first-order valence-corrected chi connectivity index (χ1v) is 10.9. The van der Waals surface area contributed by atoms with Gasteiger partial charge in [-0.3, -0.25) is 20.2 Å². The molecule has 0 aromatic heterocycles. The summed E-state index contributed by atoms with van der Waals surface area (Å²) in [5.41, 5.74) is -4.44. The number of nitro groups is 2. The topological polar surface area (TPSA) is 95.5 Å². The van der Waals surface area contributed by atoms with E-state index in [1.54, 1.807) is 0 Å². The van der Waals surface area contributed by atoms with E-state index in [0.29, 0.717) is 24.3 Å². The molecular weight excluding hydrogens is 534 g/mol. The number of hydrogen-bond acceptors (Lipinski definition) is 5. The Labute approximate surface area is 215 Å². The lowest BCUT2D eigenvalue weighted by atomic mass is 9.99. The van der Waals surface area contributed by atoms with E-state index in [0.717, 1.165) is 12.1 Å². The third-order valence-corrected chi connectivity index (χ3v) is 5.62. The Hall–Kier alpha value is -4.94. The number of ether oxygens (including phenoxy) is 1. The second kappa shape index (κ2) is 10.1. The molecule has 0 amide bonds. The summed E-state index contributed by atoms with van der Waals surface area (Å²) in [6.07, 6.45) is -9.65. The van der Waals surface area contributed by atoms with Crippen LogP contribution >= 0.6 is 0 Å². The van der Waals surface area contributed by atoms with E-state index in [2.05, 4.69) is 0 Å². The van der Waals surface area contributed by atoms with Gasteiger partial charge in [0.25, 0.3) is 11.4 Å². The quantitative estimate of drug-likeness (QED) is 0.136. The fraction of sp³-hybridized carbons (Fsp3) is 0.0769. The minimum Gasteiger partial charge on any atom is -0.456 e. The summed E-state index contributed by atoms with van der Waals surface area (Å²) in [5, 5.41) is 23.3. The first kappa shape index (κ1) is 27.1. The van der Waals surface area contributed by atoms with Gasteiger partial charge in [-0.15, -0.1) is 0 Å². The van der Waals surface area contributed by atoms with E-state index in [1.165, 1.54) is 48.5 Å². The third-order valence-electron chi connectivity index (χ3n) is 5.62. The minimum atomic E-state index is -4.82. The summed E-state index contributed by atoms with van der Waals surface area (Å²) < 4.78 is 84.9. The summed E-state index contributed by atoms with van der Waals surface area (Å²) in [7, 11) is 0. The van der Waals surface area contributed by atoms with Crippen LogP contribution < -0.4 is 4.74 Å². The first-order chi connectivity index (χ1) is 18.3. The highest BCUT2D eigenvalue weighted by Crippen LogP contribution is 2.44. The Morgan fingerprint density at radius 2 is 0.897 bits per heavy atom. The first-order valence-electron chi connectivity index (χ1n) is 10.9. The fourth-order valence-corrected chi connectivity index (χ4v) is 3.85. The van der Waals surface area contributed by atoms with Crippen molar-refractivity contribution in [3.63, 3.8) is 0 Å². The molecule has 7 nitrogen and oxygen atoms in total. The average Bonchev–Trinajstić information content (AvgIpc) is 2.87. The lowest BCUT2D eigenvalue weighted by Gasteiger charge is -2.16. The normalized spacial score (nSPS) is 11.7. The maximum absolute atomic E-state index is 13.2. The van der Waals surface area contributed by atoms with E-state index in [-0.39, 0.29) is 33.8 Å². The molecule has 0 N–H and O–H groups in total. The van der Waals surface area contributed by atoms with Crippen LogP contribution in [0.25, 0.3) is 22.3 Å². The van der Waals surface area contributed by atoms with Gasteiger partial charge in [0.05, 0.1) is 32.1 Å². The Balaban J connectivity index is 1.84. The molecule has 0 atom stereocenters. The molecule has 0 radical (unpaired) electrons. The van der Waals surface area contributed by atoms with E-state index in [9.17, 15) is 46.6 Å². The molecular formula is C26H14F6N2O5. The summed E-state index contributed by atoms with van der Waals surface area (Å²) in [6.45, 7) is 0. The molecule has 0 aliphatic heterocycles. The number of nitro benzene ring substituents is 2. The van der Waals surface area contributed by atoms with E-state index >= 15 is 0 Å². The van der Waals surface area contributed by atoms with Crippen molar-refractivity contribution in [2.24, 2.45) is 0 Å². The second-order valence-electron chi connectivity index (χ2n) is 8.07. The van der Waals surface area contributed by atoms with E-state index in [1.807, 2.05) is 0 Å². The van der Waals surface area contributed by atoms with Crippen molar-refractivity contribution in [2.75, 3.05) is 0 Å². The van der Waals surface area contributed by atoms with Crippen LogP contribution in [0.2, 0.25) is 0 Å². The van der Waals surface area contributed by atoms with Crippen LogP contribution in [-0.4, -0.2) is 9.85 Å². The van der Waals surface area contributed by atoms with Crippen LogP contribution in [0.3, 0.4) is 0 Å². The van der Waals surface area contributed by atoms with E-state index < -0.39 is 44.7 Å². The van der Waals surface area contributed by atoms with Crippen LogP contribution in [-0.2, 0) is 12.4 Å². The van der Waals surface area contributed by atoms with Crippen LogP contribution in [0, 0.1) is 20.2 Å². The van der Waals surface area contributed by atoms with Gasteiger partial charge in [-0.1, -0.05) is 36.4 Å². The molecule has 4 aromatic rings. The Morgan fingerprint density at radius 1 is 0.538 bits per heavy atom. The summed E-state index contributed by atoms with van der Waals surface area (Å²) in [6, 6.07) is 15.4. The second-order valence-corrected chi connectivity index (χ2v) is 8.07. The van der Waals surface area contributed by atoms with Crippen molar-refractivity contribution in [1.29, 1.82) is 0 Å². The molecule has 4 rings (SSSR count). The van der Waals surface area contributed by atoms with Gasteiger partial charge >= 0.3 is 12.4 Å². The molecule has 0 unspecified atom stereocenters. The summed E-state index contributed by atoms with van der Waals surface area (Å²) in [4.78, 5) is 21.3. The highest BCUT2D eigenvalue weighted by molar-refractivity contribution is 5.81. The zero-order valence-corrected chi connectivity index (χ0v) is 19.3. The number of benzene rings is 4. The average molecular weight is 548 g/mol. The molecule has 13 heteroatoms. The molecule has 0 spiro atoms. The van der Waals surface area contributed by atoms with Crippen LogP contribution in [0.5, 0.6) is 11.5 Å². The molecule has 0 heterocycles. The number of halogens is 6. The zero-order valence-electron chi connectivity index (χ0n) is 19.3. The number of nitrogens with zero attached hydrogens (tertiary/aromatic N) is 2. The van der Waals surface area contributed by atoms with Crippen molar-refractivity contribution in [2.45, 2.75) is 12.4 Å². The standard InChI is InChI=1S/C26H14F6N2O5/c27-25(28,29)15-9-11-17(21(13-15)33(35)36)19-5-1-3-7-23(19)39-24-8-4-2-6-20(24)18-12-10-16(26(30,31)32)14-22(18)34(37)38/h1-14H. The Bertz CT molecular complexity index is 1470. The molecule has 0 aliphatic rings. The maximum Gasteiger partial charge on any atom is 0.416 e. The third kappa shape index (κ3) is 5.66. The van der Waals surface area contributed by atoms with Gasteiger partial charge in [-0.05, 0) is 36.4 Å². The molecule has 0 bridgehead atoms. The van der Waals surface area contributed by atoms with Crippen molar-refractivity contribution in [3.8, 4) is 33.8 Å². The number of hydrogen-bond donors (Lipinski definition) is 0. The van der Waals surface area contributed by atoms with Gasteiger partial charge in [0.15, 0.2) is 0 Å². The molecule has 0 aliphatic carbocycles. The number of para-hydroxylation sites is 2. The van der Waals surface area contributed by atoms with Gasteiger partial charge in [0.1, 0.15) is 11.5 Å². The zero-order chi connectivity index (χ0) is 28.5. The molecule has 0 fully saturated rings. The molecule has 0 saturated heterocycles. The molecule has 0 saturated carbocycles. The van der Waals surface area contributed by atoms with Crippen molar-refractivity contribution < 1.29 is 40.9 Å². The van der Waals surface area contributed by atoms with Gasteiger partial charge < -0.3 is 4.74 Å². The van der Waals surface area contributed by atoms with Crippen LogP contribution in [0.15, 0.2) is 84.9 Å². The molecule has 4 aromatic carbocycles. The highest BCUT2D eigenvalue weighted by atomic mass is 19.4. The van der Waals surface area contributed by atoms with Crippen LogP contribution in [0.4, 0.5) is 37.7 Å². The van der Waals surface area contributed by atoms with Gasteiger partial charge in [-0.25, -0.2) is 0 Å². The van der Waals surface area contributed by atoms with Gasteiger partial charge in [-0.2, -0.15) is 26.3 Å². The highest BCUT2D eigenvalue weighted by Gasteiger charge is 2.35. The number of alkyl halides is 6. The van der Waals surface area contributed by atoms with E-state index in [4.69, 9.17) is 4.74 Å². The predicted molar refractivity (Wildman–Crippen MR) is 127 cm³/mol. The van der Waals surface area contributed by atoms with Crippen molar-refractivity contribution in [3.05, 3.63) is 116 Å². The van der Waals surface area contributed by atoms with Crippen molar-refractivity contribution in [1.82, 2.24) is 0 Å². The monoisotopic (exact) mass is 548 g/mol. The lowest BCUT2D eigenvalue weighted by molar-refractivity contribution is -0.384. The smallest absolute Gasteiger partial charge is 0.416 e. The minimum absolute atomic E-state index is 0.0367. The van der Waals surface area contributed by atoms with Gasteiger partial charge in [0, 0.05) is 23.3 Å². The number of rotatable bonds is 6. The molecule has 200 valence electrons. The maximum atomic E-state index is 13.2. The van der Waals surface area contributed by atoms with Crippen molar-refractivity contribution >= 4 is 11.4 Å². The predicted octanol–water partition coefficient (Wildman–Crippen LogP) is 8.67. The van der Waals surface area contributed by atoms with Gasteiger partial charge in [0.2, 0.25) is 0 Å². The SMILES string of the molecule is O=[N+]([O-])c1cc(C(F)(F)F)ccc1-c1ccccc1Oc1ccccc1-c1ccc(C(F)(F)F)cc1[N+](=O)[O-]. The summed E-state index contributed by atoms with van der Waals surface area (Å²) in [5.74, 6) is -0.107. The fourth-order valence-electron chi connectivity index (χ4n) is 3.85. The molecule has 39 heavy (non-hydrogen) atoms. The summed E-state index contributed by atoms with van der Waals surface area (Å²) >= 11 is 0. The Kier molecular flexibility index (Phi) is 7.01. The van der Waals surface area contributed by atoms with Crippen LogP contribution in [0.1, 0.15) is 11.1 Å². The largest absolute Gasteiger partial charge is 0.456 e.